The van der Waals surface area contributed by atoms with Crippen LogP contribution in [0.5, 0.6) is 0 Å². The van der Waals surface area contributed by atoms with Gasteiger partial charge in [0.1, 0.15) is 5.82 Å². The molecule has 1 atom stereocenters. The van der Waals surface area contributed by atoms with Crippen LogP contribution in [-0.4, -0.2) is 12.0 Å². The van der Waals surface area contributed by atoms with E-state index < -0.39 is 0 Å². The molecule has 2 rings (SSSR count). The molecule has 0 saturated heterocycles. The zero-order valence-electron chi connectivity index (χ0n) is 11.0. The first kappa shape index (κ1) is 14.2. The maximum atomic E-state index is 5.91. The maximum Gasteiger partial charge on any atom is 0.129 e. The number of halogens is 2. The summed E-state index contributed by atoms with van der Waals surface area (Å²) < 4.78 is 0. The number of rotatable bonds is 4. The van der Waals surface area contributed by atoms with Crippen LogP contribution in [-0.2, 0) is 5.88 Å². The van der Waals surface area contributed by atoms with Gasteiger partial charge in [-0.15, -0.1) is 11.6 Å². The molecule has 1 heterocycles. The molecule has 0 spiro atoms. The van der Waals surface area contributed by atoms with E-state index in [9.17, 15) is 0 Å². The lowest BCUT2D eigenvalue weighted by Gasteiger charge is -2.26. The van der Waals surface area contributed by atoms with Crippen LogP contribution in [0, 0.1) is 0 Å². The fourth-order valence-corrected chi connectivity index (χ4v) is 2.18. The van der Waals surface area contributed by atoms with Crippen molar-refractivity contribution >= 4 is 29.0 Å². The second-order valence-corrected chi connectivity index (χ2v) is 5.16. The smallest absolute Gasteiger partial charge is 0.129 e. The predicted molar refractivity (Wildman–Crippen MR) is 82.1 cm³/mol. The molecule has 0 bridgehead atoms. The van der Waals surface area contributed by atoms with Crippen molar-refractivity contribution in [3.63, 3.8) is 0 Å². The molecule has 0 aliphatic heterocycles. The number of alkyl halides is 1. The van der Waals surface area contributed by atoms with Crippen LogP contribution in [0.25, 0.3) is 0 Å². The van der Waals surface area contributed by atoms with Gasteiger partial charge in [-0.2, -0.15) is 0 Å². The number of anilines is 1. The third-order valence-corrected chi connectivity index (χ3v) is 3.75. The van der Waals surface area contributed by atoms with Crippen LogP contribution < -0.4 is 4.90 Å². The molecule has 0 radical (unpaired) electrons. The van der Waals surface area contributed by atoms with Gasteiger partial charge in [-0.1, -0.05) is 29.8 Å². The Morgan fingerprint density at radius 2 is 1.84 bits per heavy atom. The van der Waals surface area contributed by atoms with Crippen LogP contribution in [0.3, 0.4) is 0 Å². The van der Waals surface area contributed by atoms with Crippen molar-refractivity contribution < 1.29 is 0 Å². The molecule has 0 saturated carbocycles. The van der Waals surface area contributed by atoms with E-state index in [0.717, 1.165) is 16.5 Å². The molecule has 1 aromatic heterocycles. The van der Waals surface area contributed by atoms with E-state index >= 15 is 0 Å². The molecule has 1 unspecified atom stereocenters. The molecule has 19 heavy (non-hydrogen) atoms. The molecular weight excluding hydrogens is 279 g/mol. The number of pyridine rings is 1. The van der Waals surface area contributed by atoms with Crippen molar-refractivity contribution in [1.82, 2.24) is 4.98 Å². The third-order valence-electron chi connectivity index (χ3n) is 3.22. The van der Waals surface area contributed by atoms with Gasteiger partial charge in [0.25, 0.3) is 0 Å². The van der Waals surface area contributed by atoms with Gasteiger partial charge in [-0.3, -0.25) is 0 Å². The van der Waals surface area contributed by atoms with E-state index in [1.54, 1.807) is 0 Å². The van der Waals surface area contributed by atoms with Crippen molar-refractivity contribution in [2.24, 2.45) is 0 Å². The van der Waals surface area contributed by atoms with Crippen LogP contribution in [0.2, 0.25) is 5.02 Å². The Balaban J connectivity index is 2.22. The standard InChI is InChI=1S/C15H16Cl2N2/c1-11(12-6-8-13(17)9-7-12)19(2)15-5-3-4-14(10-16)18-15/h3-9,11H,10H2,1-2H3. The average molecular weight is 295 g/mol. The summed E-state index contributed by atoms with van der Waals surface area (Å²) in [6, 6.07) is 14.0. The normalized spacial score (nSPS) is 12.2. The van der Waals surface area contributed by atoms with Crippen LogP contribution in [0.4, 0.5) is 5.82 Å². The lowest BCUT2D eigenvalue weighted by atomic mass is 10.1. The molecule has 0 aliphatic carbocycles. The Bertz CT molecular complexity index is 540. The fraction of sp³-hybridized carbons (Fsp3) is 0.267. The molecule has 2 nitrogen and oxygen atoms in total. The number of aromatic nitrogens is 1. The maximum absolute atomic E-state index is 5.91. The molecule has 100 valence electrons. The van der Waals surface area contributed by atoms with Gasteiger partial charge < -0.3 is 4.90 Å². The van der Waals surface area contributed by atoms with E-state index in [1.807, 2.05) is 49.5 Å². The second kappa shape index (κ2) is 6.27. The van der Waals surface area contributed by atoms with E-state index in [-0.39, 0.29) is 6.04 Å². The summed E-state index contributed by atoms with van der Waals surface area (Å²) >= 11 is 11.7. The summed E-state index contributed by atoms with van der Waals surface area (Å²) in [6.45, 7) is 2.14. The van der Waals surface area contributed by atoms with E-state index in [4.69, 9.17) is 23.2 Å². The molecule has 4 heteroatoms. The van der Waals surface area contributed by atoms with Gasteiger partial charge in [-0.05, 0) is 36.8 Å². The van der Waals surface area contributed by atoms with Gasteiger partial charge in [-0.25, -0.2) is 4.98 Å². The highest BCUT2D eigenvalue weighted by Gasteiger charge is 2.13. The Morgan fingerprint density at radius 3 is 2.47 bits per heavy atom. The van der Waals surface area contributed by atoms with Gasteiger partial charge in [0.15, 0.2) is 0 Å². The minimum absolute atomic E-state index is 0.218. The number of nitrogens with zero attached hydrogens (tertiary/aromatic N) is 2. The SMILES string of the molecule is CC(c1ccc(Cl)cc1)N(C)c1cccc(CCl)n1. The Hall–Kier alpha value is -1.25. The lowest BCUT2D eigenvalue weighted by molar-refractivity contribution is 0.727. The summed E-state index contributed by atoms with van der Waals surface area (Å²) in [7, 11) is 2.03. The first-order valence-electron chi connectivity index (χ1n) is 6.12. The summed E-state index contributed by atoms with van der Waals surface area (Å²) in [4.78, 5) is 6.65. The van der Waals surface area contributed by atoms with Gasteiger partial charge in [0.2, 0.25) is 0 Å². The van der Waals surface area contributed by atoms with Crippen molar-refractivity contribution in [2.75, 3.05) is 11.9 Å². The first-order chi connectivity index (χ1) is 9.11. The molecular formula is C15H16Cl2N2. The highest BCUT2D eigenvalue weighted by Crippen LogP contribution is 2.25. The summed E-state index contributed by atoms with van der Waals surface area (Å²) in [5.74, 6) is 1.34. The first-order valence-corrected chi connectivity index (χ1v) is 7.03. The van der Waals surface area contributed by atoms with Crippen LogP contribution >= 0.6 is 23.2 Å². The quantitative estimate of drug-likeness (QED) is 0.762. The molecule has 0 fully saturated rings. The minimum Gasteiger partial charge on any atom is -0.353 e. The Labute approximate surface area is 124 Å². The number of hydrogen-bond donors (Lipinski definition) is 0. The van der Waals surface area contributed by atoms with Crippen molar-refractivity contribution in [2.45, 2.75) is 18.8 Å². The lowest BCUT2D eigenvalue weighted by Crippen LogP contribution is -2.22. The molecule has 0 amide bonds. The Kier molecular flexibility index (Phi) is 4.67. The topological polar surface area (TPSA) is 16.1 Å². The fourth-order valence-electron chi connectivity index (χ4n) is 1.90. The van der Waals surface area contributed by atoms with E-state index in [0.29, 0.717) is 5.88 Å². The van der Waals surface area contributed by atoms with Crippen molar-refractivity contribution in [1.29, 1.82) is 0 Å². The summed E-state index contributed by atoms with van der Waals surface area (Å²) in [6.07, 6.45) is 0. The zero-order valence-corrected chi connectivity index (χ0v) is 12.5. The Morgan fingerprint density at radius 1 is 1.16 bits per heavy atom. The molecule has 1 aromatic carbocycles. The summed E-state index contributed by atoms with van der Waals surface area (Å²) in [5.41, 5.74) is 2.08. The van der Waals surface area contributed by atoms with Crippen molar-refractivity contribution in [3.05, 3.63) is 58.7 Å². The predicted octanol–water partition coefficient (Wildman–Crippen LogP) is 4.67. The highest BCUT2D eigenvalue weighted by molar-refractivity contribution is 6.30. The largest absolute Gasteiger partial charge is 0.353 e. The second-order valence-electron chi connectivity index (χ2n) is 4.46. The van der Waals surface area contributed by atoms with Gasteiger partial charge >= 0.3 is 0 Å². The molecule has 2 aromatic rings. The minimum atomic E-state index is 0.218. The monoisotopic (exact) mass is 294 g/mol. The van der Waals surface area contributed by atoms with E-state index in [2.05, 4.69) is 16.8 Å². The van der Waals surface area contributed by atoms with Crippen LogP contribution in [0.15, 0.2) is 42.5 Å². The zero-order chi connectivity index (χ0) is 13.8. The third kappa shape index (κ3) is 3.40. The van der Waals surface area contributed by atoms with E-state index in [1.165, 1.54) is 5.56 Å². The van der Waals surface area contributed by atoms with Gasteiger partial charge in [0, 0.05) is 12.1 Å². The summed E-state index contributed by atoms with van der Waals surface area (Å²) in [5, 5.41) is 0.751. The number of benzene rings is 1. The average Bonchev–Trinajstić information content (AvgIpc) is 2.46. The van der Waals surface area contributed by atoms with Crippen LogP contribution in [0.1, 0.15) is 24.2 Å². The number of hydrogen-bond acceptors (Lipinski definition) is 2. The van der Waals surface area contributed by atoms with Gasteiger partial charge in [0.05, 0.1) is 17.6 Å². The molecule has 0 aliphatic rings. The molecule has 0 N–H and O–H groups in total. The highest BCUT2D eigenvalue weighted by atomic mass is 35.5. The van der Waals surface area contributed by atoms with Crippen molar-refractivity contribution in [3.8, 4) is 0 Å².